The second-order valence-electron chi connectivity index (χ2n) is 7.40. The first-order chi connectivity index (χ1) is 14.3. The quantitative estimate of drug-likeness (QED) is 0.673. The van der Waals surface area contributed by atoms with Crippen LogP contribution in [0.2, 0.25) is 5.02 Å². The summed E-state index contributed by atoms with van der Waals surface area (Å²) in [4.78, 5) is 37.3. The molecule has 9 heteroatoms. The number of pyridine rings is 1. The van der Waals surface area contributed by atoms with Crippen LogP contribution in [-0.2, 0) is 7.05 Å². The van der Waals surface area contributed by atoms with E-state index in [0.29, 0.717) is 23.7 Å². The van der Waals surface area contributed by atoms with Gasteiger partial charge in [0.05, 0.1) is 21.8 Å². The van der Waals surface area contributed by atoms with Gasteiger partial charge in [-0.15, -0.1) is 0 Å². The van der Waals surface area contributed by atoms with Crippen molar-refractivity contribution in [2.24, 2.45) is 7.05 Å². The molecular weight excluding hydrogens is 404 g/mol. The van der Waals surface area contributed by atoms with Crippen molar-refractivity contribution in [2.75, 3.05) is 18.0 Å². The second kappa shape index (κ2) is 7.60. The number of aromatic amines is 1. The molecule has 0 atom stereocenters. The van der Waals surface area contributed by atoms with Gasteiger partial charge in [0.15, 0.2) is 0 Å². The van der Waals surface area contributed by atoms with Crippen LogP contribution < -0.4 is 26.8 Å². The molecule has 1 N–H and O–H groups in total. The zero-order chi connectivity index (χ0) is 21.6. The average Bonchev–Trinajstić information content (AvgIpc) is 3.01. The van der Waals surface area contributed by atoms with Gasteiger partial charge in [-0.3, -0.25) is 14.3 Å². The lowest BCUT2D eigenvalue weighted by Crippen LogP contribution is -2.51. The van der Waals surface area contributed by atoms with Crippen LogP contribution in [0.15, 0.2) is 28.0 Å². The van der Waals surface area contributed by atoms with Crippen molar-refractivity contribution in [1.82, 2.24) is 24.1 Å². The highest BCUT2D eigenvalue weighted by Gasteiger charge is 2.31. The van der Waals surface area contributed by atoms with Crippen molar-refractivity contribution in [3.8, 4) is 11.4 Å². The van der Waals surface area contributed by atoms with Crippen molar-refractivity contribution in [3.05, 3.63) is 60.6 Å². The molecule has 3 aromatic heterocycles. The number of halogens is 1. The highest BCUT2D eigenvalue weighted by atomic mass is 35.5. The minimum Gasteiger partial charge on any atom is -0.352 e. The van der Waals surface area contributed by atoms with E-state index in [1.165, 1.54) is 0 Å². The number of rotatable bonds is 3. The number of imidazole rings is 1. The Kier molecular flexibility index (Phi) is 5.11. The van der Waals surface area contributed by atoms with Crippen LogP contribution in [0.5, 0.6) is 0 Å². The van der Waals surface area contributed by atoms with E-state index in [0.717, 1.165) is 27.9 Å². The monoisotopic (exact) mass is 426 g/mol. The fourth-order valence-corrected chi connectivity index (χ4v) is 3.96. The lowest BCUT2D eigenvalue weighted by Gasteiger charge is -2.41. The zero-order valence-corrected chi connectivity index (χ0v) is 18.1. The van der Waals surface area contributed by atoms with E-state index in [-0.39, 0.29) is 17.3 Å². The van der Waals surface area contributed by atoms with E-state index in [4.69, 9.17) is 16.6 Å². The van der Waals surface area contributed by atoms with Gasteiger partial charge in [-0.05, 0) is 26.8 Å². The van der Waals surface area contributed by atoms with Gasteiger partial charge < -0.3 is 9.47 Å². The smallest absolute Gasteiger partial charge is 0.328 e. The Bertz CT molecular complexity index is 1360. The summed E-state index contributed by atoms with van der Waals surface area (Å²) in [6, 6.07) is 1.91. The van der Waals surface area contributed by atoms with Crippen molar-refractivity contribution in [1.29, 1.82) is 0 Å². The van der Waals surface area contributed by atoms with E-state index in [1.807, 2.05) is 43.7 Å². The molecule has 156 valence electrons. The molecule has 1 aliphatic rings. The summed E-state index contributed by atoms with van der Waals surface area (Å²) >= 11 is 6.46. The summed E-state index contributed by atoms with van der Waals surface area (Å²) in [7, 11) is 1.96. The van der Waals surface area contributed by atoms with Crippen LogP contribution in [0, 0.1) is 6.92 Å². The number of hydrogen-bond donors (Lipinski definition) is 1. The number of hydrogen-bond acceptors (Lipinski definition) is 5. The standard InChI is InChI=1S/C21H23ClN6O2/c1-5-16-17(6-2)26(4)19(24-16)14-7-18(23-8-15(14)22)27-10-13(11-27)28-9-12(3)20(29)25-21(28)30/h5-9,13H,10-11H2,1-4H3,(H,25,29,30). The van der Waals surface area contributed by atoms with Crippen molar-refractivity contribution in [3.63, 3.8) is 0 Å². The van der Waals surface area contributed by atoms with Gasteiger partial charge >= 0.3 is 5.69 Å². The van der Waals surface area contributed by atoms with Crippen molar-refractivity contribution >= 4 is 29.6 Å². The molecule has 0 saturated carbocycles. The Morgan fingerprint density at radius 2 is 1.97 bits per heavy atom. The van der Waals surface area contributed by atoms with Gasteiger partial charge in [0.1, 0.15) is 11.6 Å². The molecule has 0 spiro atoms. The third-order valence-electron chi connectivity index (χ3n) is 5.52. The van der Waals surface area contributed by atoms with Gasteiger partial charge in [0.2, 0.25) is 0 Å². The molecule has 4 rings (SSSR count). The van der Waals surface area contributed by atoms with E-state index in [1.54, 1.807) is 23.9 Å². The van der Waals surface area contributed by atoms with Crippen LogP contribution in [0.3, 0.4) is 0 Å². The summed E-state index contributed by atoms with van der Waals surface area (Å²) in [5.41, 5.74) is 0.585. The number of nitrogens with one attached hydrogen (secondary N) is 1. The molecule has 0 aromatic carbocycles. The van der Waals surface area contributed by atoms with Gasteiger partial charge in [-0.2, -0.15) is 0 Å². The van der Waals surface area contributed by atoms with Gasteiger partial charge in [-0.1, -0.05) is 23.8 Å². The van der Waals surface area contributed by atoms with Gasteiger partial charge in [0.25, 0.3) is 5.56 Å². The molecule has 0 aliphatic carbocycles. The summed E-state index contributed by atoms with van der Waals surface area (Å²) in [6.07, 6.45) is 7.24. The maximum atomic E-state index is 12.1. The summed E-state index contributed by atoms with van der Waals surface area (Å²) in [6.45, 7) is 6.85. The van der Waals surface area contributed by atoms with Crippen molar-refractivity contribution in [2.45, 2.75) is 26.8 Å². The number of H-pyrrole nitrogens is 1. The van der Waals surface area contributed by atoms with E-state index in [9.17, 15) is 9.59 Å². The van der Waals surface area contributed by atoms with Gasteiger partial charge in [0, 0.05) is 43.7 Å². The molecule has 0 amide bonds. The Labute approximate surface area is 177 Å². The lowest BCUT2D eigenvalue weighted by molar-refractivity contribution is 0.381. The molecule has 0 bridgehead atoms. The van der Waals surface area contributed by atoms with Gasteiger partial charge in [-0.25, -0.2) is 14.8 Å². The first-order valence-electron chi connectivity index (χ1n) is 9.72. The SMILES string of the molecule is CC=c1nc(-c2cc(N3CC(n4cc(C)c(=O)[nH]c4=O)C3)ncc2Cl)n(C)c1=CC. The van der Waals surface area contributed by atoms with Crippen LogP contribution in [0.1, 0.15) is 25.5 Å². The highest BCUT2D eigenvalue weighted by molar-refractivity contribution is 6.33. The summed E-state index contributed by atoms with van der Waals surface area (Å²) < 4.78 is 3.59. The minimum atomic E-state index is -0.389. The normalized spacial score (nSPS) is 15.7. The number of aromatic nitrogens is 5. The van der Waals surface area contributed by atoms with Crippen LogP contribution in [0.25, 0.3) is 23.5 Å². The maximum Gasteiger partial charge on any atom is 0.328 e. The average molecular weight is 427 g/mol. The third kappa shape index (κ3) is 3.27. The predicted molar refractivity (Wildman–Crippen MR) is 118 cm³/mol. The number of aryl methyl sites for hydroxylation is 1. The fraction of sp³-hybridized carbons (Fsp3) is 0.333. The third-order valence-corrected chi connectivity index (χ3v) is 5.82. The van der Waals surface area contributed by atoms with E-state index >= 15 is 0 Å². The number of anilines is 1. The Morgan fingerprint density at radius 1 is 1.23 bits per heavy atom. The molecular formula is C21H23ClN6O2. The molecule has 1 saturated heterocycles. The molecule has 0 radical (unpaired) electrons. The fourth-order valence-electron chi connectivity index (χ4n) is 3.77. The van der Waals surface area contributed by atoms with Crippen LogP contribution in [0.4, 0.5) is 5.82 Å². The van der Waals surface area contributed by atoms with Crippen LogP contribution in [-0.4, -0.2) is 37.2 Å². The first-order valence-corrected chi connectivity index (χ1v) is 10.1. The van der Waals surface area contributed by atoms with Crippen LogP contribution >= 0.6 is 11.6 Å². The molecule has 30 heavy (non-hydrogen) atoms. The Hall–Kier alpha value is -3.13. The molecule has 4 heterocycles. The second-order valence-corrected chi connectivity index (χ2v) is 7.81. The lowest BCUT2D eigenvalue weighted by atomic mass is 10.1. The zero-order valence-electron chi connectivity index (χ0n) is 17.3. The highest BCUT2D eigenvalue weighted by Crippen LogP contribution is 2.31. The maximum absolute atomic E-state index is 12.1. The molecule has 1 fully saturated rings. The van der Waals surface area contributed by atoms with E-state index < -0.39 is 0 Å². The largest absolute Gasteiger partial charge is 0.352 e. The first kappa shape index (κ1) is 20.2. The minimum absolute atomic E-state index is 0.0234. The number of nitrogens with zero attached hydrogens (tertiary/aromatic N) is 5. The van der Waals surface area contributed by atoms with E-state index in [2.05, 4.69) is 14.9 Å². The Balaban J connectivity index is 1.65. The predicted octanol–water partition coefficient (Wildman–Crippen LogP) is 0.956. The topological polar surface area (TPSA) is 88.8 Å². The molecule has 0 unspecified atom stereocenters. The molecule has 3 aromatic rings. The van der Waals surface area contributed by atoms with Crippen molar-refractivity contribution < 1.29 is 0 Å². The Morgan fingerprint density at radius 3 is 2.60 bits per heavy atom. The summed E-state index contributed by atoms with van der Waals surface area (Å²) in [5.74, 6) is 1.54. The molecule has 1 aliphatic heterocycles. The summed E-state index contributed by atoms with van der Waals surface area (Å²) in [5, 5.41) is 2.46. The molecule has 8 nitrogen and oxygen atoms in total.